The molecule has 7 heteroatoms. The fourth-order valence-electron chi connectivity index (χ4n) is 3.93. The lowest BCUT2D eigenvalue weighted by molar-refractivity contribution is 0.0218. The van der Waals surface area contributed by atoms with Gasteiger partial charge in [-0.15, -0.1) is 0 Å². The lowest BCUT2D eigenvalue weighted by Crippen LogP contribution is -2.62. The monoisotopic (exact) mass is 373 g/mol. The minimum absolute atomic E-state index is 0.0108. The van der Waals surface area contributed by atoms with Crippen LogP contribution in [0.5, 0.6) is 16.7 Å². The summed E-state index contributed by atoms with van der Waals surface area (Å²) in [6, 6.07) is 7.82. The van der Waals surface area contributed by atoms with E-state index in [9.17, 15) is 4.79 Å². The van der Waals surface area contributed by atoms with Gasteiger partial charge >= 0.3 is 0 Å². The Bertz CT molecular complexity index is 767. The van der Waals surface area contributed by atoms with Crippen LogP contribution in [0.2, 0.25) is 0 Å². The number of fused-ring (bicyclic) bond motifs is 3. The summed E-state index contributed by atoms with van der Waals surface area (Å²) in [5.41, 5.74) is 0. The van der Waals surface area contributed by atoms with Crippen LogP contribution in [0.4, 0.5) is 0 Å². The molecule has 0 aromatic carbocycles. The summed E-state index contributed by atoms with van der Waals surface area (Å²) in [4.78, 5) is 19.9. The van der Waals surface area contributed by atoms with Crippen molar-refractivity contribution in [3.8, 4) is 16.7 Å². The summed E-state index contributed by atoms with van der Waals surface area (Å²) in [6.07, 6.45) is 3.96. The maximum absolute atomic E-state index is 12.7. The molecule has 0 aliphatic carbocycles. The molecule has 1 amide bonds. The van der Waals surface area contributed by atoms with Gasteiger partial charge in [0.15, 0.2) is 5.06 Å². The number of ether oxygens (including phenoxy) is 2. The molecule has 3 aliphatic heterocycles. The van der Waals surface area contributed by atoms with Crippen LogP contribution in [-0.2, 0) is 0 Å². The summed E-state index contributed by atoms with van der Waals surface area (Å²) >= 11 is 1.35. The van der Waals surface area contributed by atoms with E-state index in [0.717, 1.165) is 13.1 Å². The molecule has 5 rings (SSSR count). The number of hydrogen-bond donors (Lipinski definition) is 1. The van der Waals surface area contributed by atoms with E-state index < -0.39 is 0 Å². The van der Waals surface area contributed by atoms with E-state index in [1.165, 1.54) is 24.2 Å². The average molecular weight is 373 g/mol. The van der Waals surface area contributed by atoms with Gasteiger partial charge < -0.3 is 14.8 Å². The minimum atomic E-state index is -0.0108. The number of pyridine rings is 1. The highest BCUT2D eigenvalue weighted by molar-refractivity contribution is 7.15. The third-order valence-corrected chi connectivity index (χ3v) is 6.38. The highest BCUT2D eigenvalue weighted by Gasteiger charge is 2.40. The number of carbonyl (C=O) groups is 1. The Balaban J connectivity index is 1.40. The molecule has 2 unspecified atom stereocenters. The molecule has 0 spiro atoms. The van der Waals surface area contributed by atoms with Gasteiger partial charge in [-0.1, -0.05) is 11.3 Å². The van der Waals surface area contributed by atoms with Crippen LogP contribution in [0.25, 0.3) is 0 Å². The number of nitrogens with one attached hydrogen (secondary N) is 1. The Hall–Kier alpha value is -2.12. The van der Waals surface area contributed by atoms with Crippen LogP contribution in [0, 0.1) is 5.92 Å². The molecule has 0 radical (unpaired) electrons. The molecule has 3 aliphatic rings. The number of carbonyl (C=O) groups excluding carboxylic acids is 1. The van der Waals surface area contributed by atoms with Crippen LogP contribution < -0.4 is 14.8 Å². The Labute approximate surface area is 157 Å². The Morgan fingerprint density at radius 1 is 1.27 bits per heavy atom. The highest BCUT2D eigenvalue weighted by atomic mass is 32.1. The van der Waals surface area contributed by atoms with Gasteiger partial charge in [-0.25, -0.2) is 4.98 Å². The van der Waals surface area contributed by atoms with Crippen molar-refractivity contribution in [1.29, 1.82) is 0 Å². The standard InChI is InChI=1S/C19H23N3O3S/c1-12-18(13-7-9-22(12)10-8-13)21-19(23)15-4-6-17(26-15)25-14-3-5-16(24-2)20-11-14/h3-6,11-13,18H,7-10H2,1-2H3,(H,21,23). The molecular weight excluding hydrogens is 350 g/mol. The summed E-state index contributed by atoms with van der Waals surface area (Å²) in [6.45, 7) is 4.53. The molecule has 3 fully saturated rings. The first-order chi connectivity index (χ1) is 12.6. The second kappa shape index (κ2) is 7.25. The van der Waals surface area contributed by atoms with Gasteiger partial charge in [0.25, 0.3) is 5.91 Å². The lowest BCUT2D eigenvalue weighted by Gasteiger charge is -2.49. The third kappa shape index (κ3) is 3.41. The molecule has 2 atom stereocenters. The summed E-state index contributed by atoms with van der Waals surface area (Å²) in [7, 11) is 1.57. The van der Waals surface area contributed by atoms with Gasteiger partial charge in [0, 0.05) is 18.2 Å². The van der Waals surface area contributed by atoms with Crippen molar-refractivity contribution in [3.05, 3.63) is 35.3 Å². The van der Waals surface area contributed by atoms with Gasteiger partial charge in [-0.05, 0) is 57.0 Å². The molecule has 1 N–H and O–H groups in total. The van der Waals surface area contributed by atoms with E-state index in [4.69, 9.17) is 9.47 Å². The van der Waals surface area contributed by atoms with Gasteiger partial charge in [0.2, 0.25) is 5.88 Å². The van der Waals surface area contributed by atoms with Gasteiger partial charge in [-0.2, -0.15) is 0 Å². The first-order valence-corrected chi connectivity index (χ1v) is 9.78. The number of piperidine rings is 3. The number of thiophene rings is 1. The SMILES string of the molecule is COc1ccc(Oc2ccc(C(=O)NC3C4CCN(CC4)C3C)s2)cn1. The van der Waals surface area contributed by atoms with Crippen molar-refractivity contribution in [3.63, 3.8) is 0 Å². The summed E-state index contributed by atoms with van der Waals surface area (Å²) in [5, 5.41) is 3.92. The molecule has 6 nitrogen and oxygen atoms in total. The van der Waals surface area contributed by atoms with Gasteiger partial charge in [0.05, 0.1) is 18.2 Å². The van der Waals surface area contributed by atoms with E-state index in [1.54, 1.807) is 25.4 Å². The number of nitrogens with zero attached hydrogens (tertiary/aromatic N) is 2. The van der Waals surface area contributed by atoms with Crippen LogP contribution in [-0.4, -0.2) is 48.1 Å². The highest BCUT2D eigenvalue weighted by Crippen LogP contribution is 2.33. The summed E-state index contributed by atoms with van der Waals surface area (Å²) in [5.74, 6) is 1.74. The number of hydrogen-bond acceptors (Lipinski definition) is 6. The van der Waals surface area contributed by atoms with Crippen molar-refractivity contribution < 1.29 is 14.3 Å². The van der Waals surface area contributed by atoms with Crippen molar-refractivity contribution in [1.82, 2.24) is 15.2 Å². The van der Waals surface area contributed by atoms with E-state index in [0.29, 0.717) is 33.5 Å². The maximum Gasteiger partial charge on any atom is 0.261 e. The minimum Gasteiger partial charge on any atom is -0.481 e. The van der Waals surface area contributed by atoms with Crippen LogP contribution in [0.3, 0.4) is 0 Å². The van der Waals surface area contributed by atoms with Crippen molar-refractivity contribution in [2.75, 3.05) is 20.2 Å². The Morgan fingerprint density at radius 3 is 2.73 bits per heavy atom. The molecule has 26 heavy (non-hydrogen) atoms. The second-order valence-electron chi connectivity index (χ2n) is 6.87. The first-order valence-electron chi connectivity index (χ1n) is 8.96. The predicted molar refractivity (Wildman–Crippen MR) is 100 cm³/mol. The molecule has 2 aromatic heterocycles. The molecule has 138 valence electrons. The predicted octanol–water partition coefficient (Wildman–Crippen LogP) is 3.16. The second-order valence-corrected chi connectivity index (χ2v) is 7.92. The number of amides is 1. The Morgan fingerprint density at radius 2 is 2.08 bits per heavy atom. The van der Waals surface area contributed by atoms with Crippen molar-refractivity contribution in [2.24, 2.45) is 5.92 Å². The molecule has 3 saturated heterocycles. The van der Waals surface area contributed by atoms with E-state index in [-0.39, 0.29) is 11.9 Å². The van der Waals surface area contributed by atoms with E-state index in [1.807, 2.05) is 12.1 Å². The largest absolute Gasteiger partial charge is 0.481 e. The lowest BCUT2D eigenvalue weighted by atomic mass is 9.79. The topological polar surface area (TPSA) is 63.7 Å². The molecule has 2 aromatic rings. The average Bonchev–Trinajstić information content (AvgIpc) is 3.14. The quantitative estimate of drug-likeness (QED) is 0.872. The maximum atomic E-state index is 12.7. The molecule has 2 bridgehead atoms. The van der Waals surface area contributed by atoms with E-state index >= 15 is 0 Å². The molecule has 5 heterocycles. The van der Waals surface area contributed by atoms with Crippen LogP contribution in [0.15, 0.2) is 30.5 Å². The zero-order valence-electron chi connectivity index (χ0n) is 15.0. The fourth-order valence-corrected chi connectivity index (χ4v) is 4.71. The van der Waals surface area contributed by atoms with Gasteiger partial charge in [-0.3, -0.25) is 9.69 Å². The zero-order chi connectivity index (χ0) is 18.1. The van der Waals surface area contributed by atoms with Crippen LogP contribution >= 0.6 is 11.3 Å². The smallest absolute Gasteiger partial charge is 0.261 e. The first kappa shape index (κ1) is 17.3. The molecule has 0 saturated carbocycles. The van der Waals surface area contributed by atoms with E-state index in [2.05, 4.69) is 22.1 Å². The van der Waals surface area contributed by atoms with Crippen molar-refractivity contribution >= 4 is 17.2 Å². The zero-order valence-corrected chi connectivity index (χ0v) is 15.8. The van der Waals surface area contributed by atoms with Crippen LogP contribution in [0.1, 0.15) is 29.4 Å². The number of methoxy groups -OCH3 is 1. The van der Waals surface area contributed by atoms with Crippen molar-refractivity contribution in [2.45, 2.75) is 31.8 Å². The fraction of sp³-hybridized carbons (Fsp3) is 0.474. The summed E-state index contributed by atoms with van der Waals surface area (Å²) < 4.78 is 10.8. The van der Waals surface area contributed by atoms with Gasteiger partial charge in [0.1, 0.15) is 5.75 Å². The normalized spacial score (nSPS) is 27.2. The third-order valence-electron chi connectivity index (χ3n) is 5.42. The Kier molecular flexibility index (Phi) is 4.82. The molecular formula is C19H23N3O3S. The number of rotatable bonds is 5. The number of aromatic nitrogens is 1.